The molecular weight excluding hydrogens is 476 g/mol. The molecular formula is C32H36N2O4. The van der Waals surface area contributed by atoms with E-state index in [4.69, 9.17) is 14.3 Å². The molecule has 0 unspecified atom stereocenters. The lowest BCUT2D eigenvalue weighted by atomic mass is 10.1. The number of ether oxygens (including phenoxy) is 3. The Labute approximate surface area is 225 Å². The normalized spacial score (nSPS) is 10.3. The zero-order chi connectivity index (χ0) is 26.8. The molecule has 1 aromatic heterocycles. The van der Waals surface area contributed by atoms with Gasteiger partial charge in [-0.05, 0) is 53.3 Å². The zero-order valence-electron chi connectivity index (χ0n) is 22.2. The number of hydrogen-bond donors (Lipinski definition) is 0. The van der Waals surface area contributed by atoms with Crippen LogP contribution in [-0.2, 0) is 35.5 Å². The van der Waals surface area contributed by atoms with Crippen molar-refractivity contribution in [2.45, 2.75) is 26.0 Å². The molecule has 0 saturated heterocycles. The van der Waals surface area contributed by atoms with Crippen molar-refractivity contribution in [1.82, 2.24) is 9.88 Å². The summed E-state index contributed by atoms with van der Waals surface area (Å²) >= 11 is 0. The molecule has 0 amide bonds. The summed E-state index contributed by atoms with van der Waals surface area (Å²) in [5, 5.41) is 0. The quantitative estimate of drug-likeness (QED) is 0.213. The summed E-state index contributed by atoms with van der Waals surface area (Å²) in [7, 11) is 3.01. The number of carbonyl (C=O) groups is 1. The Hall–Kier alpha value is -4.16. The molecule has 0 bridgehead atoms. The number of hydrogen-bond acceptors (Lipinski definition) is 6. The maximum absolute atomic E-state index is 8.95. The van der Waals surface area contributed by atoms with Crippen LogP contribution in [0.1, 0.15) is 22.3 Å². The predicted molar refractivity (Wildman–Crippen MR) is 150 cm³/mol. The van der Waals surface area contributed by atoms with Gasteiger partial charge in [-0.15, -0.1) is 0 Å². The Balaban J connectivity index is 0.000000934. The number of nitrogens with zero attached hydrogens (tertiary/aromatic N) is 2. The first-order valence-corrected chi connectivity index (χ1v) is 12.7. The molecule has 0 radical (unpaired) electrons. The first-order chi connectivity index (χ1) is 18.7. The highest BCUT2D eigenvalue weighted by Crippen LogP contribution is 2.29. The summed E-state index contributed by atoms with van der Waals surface area (Å²) < 4.78 is 15.6. The van der Waals surface area contributed by atoms with E-state index in [1.165, 1.54) is 23.8 Å². The largest absolute Gasteiger partial charge is 0.493 e. The third-order valence-corrected chi connectivity index (χ3v) is 5.97. The minimum atomic E-state index is 0.375. The average Bonchev–Trinajstić information content (AvgIpc) is 2.99. The van der Waals surface area contributed by atoms with Crippen LogP contribution in [0.15, 0.2) is 103 Å². The van der Waals surface area contributed by atoms with Gasteiger partial charge in [0.2, 0.25) is 0 Å². The van der Waals surface area contributed by atoms with Crippen molar-refractivity contribution in [2.24, 2.45) is 0 Å². The smallest absolute Gasteiger partial charge is 0.292 e. The second-order valence-electron chi connectivity index (χ2n) is 8.71. The molecule has 1 heterocycles. The molecule has 3 aromatic carbocycles. The van der Waals surface area contributed by atoms with Crippen LogP contribution in [0, 0.1) is 0 Å². The van der Waals surface area contributed by atoms with Crippen LogP contribution in [0.25, 0.3) is 0 Å². The monoisotopic (exact) mass is 512 g/mol. The number of benzene rings is 3. The molecule has 0 spiro atoms. The first kappa shape index (κ1) is 28.4. The summed E-state index contributed by atoms with van der Waals surface area (Å²) in [4.78, 5) is 15.7. The Morgan fingerprint density at radius 2 is 1.37 bits per heavy atom. The molecule has 4 aromatic rings. The van der Waals surface area contributed by atoms with Crippen LogP contribution in [0.2, 0.25) is 0 Å². The lowest BCUT2D eigenvalue weighted by Crippen LogP contribution is -2.28. The van der Waals surface area contributed by atoms with Crippen LogP contribution in [-0.4, -0.2) is 43.7 Å². The van der Waals surface area contributed by atoms with Gasteiger partial charge < -0.3 is 14.2 Å². The summed E-state index contributed by atoms with van der Waals surface area (Å²) in [6, 6.07) is 31.3. The van der Waals surface area contributed by atoms with E-state index in [0.717, 1.165) is 49.5 Å². The fourth-order valence-corrected chi connectivity index (χ4v) is 3.96. The number of pyridine rings is 1. The fraction of sp³-hybridized carbons (Fsp3) is 0.250. The molecule has 6 nitrogen and oxygen atoms in total. The number of carbonyl (C=O) groups excluding carboxylic acids is 1. The molecule has 0 atom stereocenters. The number of rotatable bonds is 13. The van der Waals surface area contributed by atoms with Gasteiger partial charge in [0, 0.05) is 32.0 Å². The predicted octanol–water partition coefficient (Wildman–Crippen LogP) is 5.75. The van der Waals surface area contributed by atoms with Crippen molar-refractivity contribution >= 4 is 6.47 Å². The second-order valence-corrected chi connectivity index (χ2v) is 8.71. The zero-order valence-corrected chi connectivity index (χ0v) is 22.2. The molecule has 0 N–H and O–H groups in total. The minimum Gasteiger partial charge on any atom is -0.493 e. The molecule has 0 fully saturated rings. The van der Waals surface area contributed by atoms with Crippen molar-refractivity contribution in [3.05, 3.63) is 126 Å². The van der Waals surface area contributed by atoms with E-state index in [1.807, 2.05) is 42.7 Å². The van der Waals surface area contributed by atoms with Gasteiger partial charge in [-0.3, -0.25) is 14.7 Å². The Morgan fingerprint density at radius 3 is 1.97 bits per heavy atom. The molecule has 38 heavy (non-hydrogen) atoms. The summed E-state index contributed by atoms with van der Waals surface area (Å²) in [6.45, 7) is 3.69. The van der Waals surface area contributed by atoms with Gasteiger partial charge in [-0.25, -0.2) is 0 Å². The van der Waals surface area contributed by atoms with Gasteiger partial charge >= 0.3 is 0 Å². The van der Waals surface area contributed by atoms with Gasteiger partial charge in [-0.1, -0.05) is 72.8 Å². The molecule has 6 heteroatoms. The molecule has 198 valence electrons. The third-order valence-electron chi connectivity index (χ3n) is 5.97. The molecule has 4 rings (SSSR count). The SMILES string of the molecule is COC=O.COc1cc(CN(CCc2ccccc2)CCc2cccnc2)ccc1OCc1ccccc1. The van der Waals surface area contributed by atoms with Crippen LogP contribution in [0.5, 0.6) is 11.5 Å². The van der Waals surface area contributed by atoms with E-state index in [-0.39, 0.29) is 0 Å². The molecule has 0 aliphatic rings. The highest BCUT2D eigenvalue weighted by molar-refractivity contribution is 5.43. The summed E-state index contributed by atoms with van der Waals surface area (Å²) in [5.41, 5.74) is 4.96. The van der Waals surface area contributed by atoms with Crippen LogP contribution < -0.4 is 9.47 Å². The lowest BCUT2D eigenvalue weighted by Gasteiger charge is -2.23. The third kappa shape index (κ3) is 10.1. The topological polar surface area (TPSA) is 60.9 Å². The van der Waals surface area contributed by atoms with E-state index < -0.39 is 0 Å². The molecule has 0 aliphatic heterocycles. The van der Waals surface area contributed by atoms with Gasteiger partial charge in [0.15, 0.2) is 11.5 Å². The van der Waals surface area contributed by atoms with E-state index in [1.54, 1.807) is 7.11 Å². The van der Waals surface area contributed by atoms with Gasteiger partial charge in [-0.2, -0.15) is 0 Å². The van der Waals surface area contributed by atoms with Crippen LogP contribution >= 0.6 is 0 Å². The van der Waals surface area contributed by atoms with Gasteiger partial charge in [0.25, 0.3) is 6.47 Å². The Morgan fingerprint density at radius 1 is 0.737 bits per heavy atom. The van der Waals surface area contributed by atoms with E-state index in [0.29, 0.717) is 13.1 Å². The van der Waals surface area contributed by atoms with E-state index in [2.05, 4.69) is 75.3 Å². The highest BCUT2D eigenvalue weighted by atomic mass is 16.5. The first-order valence-electron chi connectivity index (χ1n) is 12.7. The number of methoxy groups -OCH3 is 2. The second kappa shape index (κ2) is 16.6. The Kier molecular flexibility index (Phi) is 12.4. The van der Waals surface area contributed by atoms with Gasteiger partial charge in [0.1, 0.15) is 6.61 Å². The number of aromatic nitrogens is 1. The van der Waals surface area contributed by atoms with Crippen molar-refractivity contribution in [3.8, 4) is 11.5 Å². The van der Waals surface area contributed by atoms with Crippen molar-refractivity contribution in [2.75, 3.05) is 27.3 Å². The van der Waals surface area contributed by atoms with Crippen molar-refractivity contribution < 1.29 is 19.0 Å². The minimum absolute atomic E-state index is 0.375. The van der Waals surface area contributed by atoms with E-state index in [9.17, 15) is 0 Å². The highest BCUT2D eigenvalue weighted by Gasteiger charge is 2.11. The van der Waals surface area contributed by atoms with Crippen molar-refractivity contribution in [3.63, 3.8) is 0 Å². The van der Waals surface area contributed by atoms with Gasteiger partial charge in [0.05, 0.1) is 14.2 Å². The summed E-state index contributed by atoms with van der Waals surface area (Å²) in [6.07, 6.45) is 5.77. The fourth-order valence-electron chi connectivity index (χ4n) is 3.96. The Bertz CT molecular complexity index is 1140. The molecule has 0 saturated carbocycles. The lowest BCUT2D eigenvalue weighted by molar-refractivity contribution is -0.126. The summed E-state index contributed by atoms with van der Waals surface area (Å²) in [5.74, 6) is 1.53. The maximum atomic E-state index is 8.95. The van der Waals surface area contributed by atoms with E-state index >= 15 is 0 Å². The van der Waals surface area contributed by atoms with Crippen LogP contribution in [0.4, 0.5) is 0 Å². The van der Waals surface area contributed by atoms with Crippen LogP contribution in [0.3, 0.4) is 0 Å². The standard InChI is InChI=1S/C30H32N2O2.C2H4O2/c1-33-30-21-28(14-15-29(30)34-24-27-11-6-3-7-12-27)23-32(19-16-25-9-4-2-5-10-25)20-17-26-13-8-18-31-22-26;1-4-2-3/h2-15,18,21-22H,16-17,19-20,23-24H2,1H3;2H,1H3. The molecule has 0 aliphatic carbocycles. The maximum Gasteiger partial charge on any atom is 0.292 e. The van der Waals surface area contributed by atoms with Crippen molar-refractivity contribution in [1.29, 1.82) is 0 Å². The average molecular weight is 513 g/mol.